The Kier molecular flexibility index (Phi) is 3.71. The molecule has 0 unspecified atom stereocenters. The minimum Gasteiger partial charge on any atom is -0.380 e. The number of fused-ring (bicyclic) bond motifs is 1. The van der Waals surface area contributed by atoms with Gasteiger partial charge < -0.3 is 10.6 Å². The lowest BCUT2D eigenvalue weighted by Crippen LogP contribution is -2.15. The van der Waals surface area contributed by atoms with Gasteiger partial charge in [-0.1, -0.05) is 28.9 Å². The number of nitrogens with two attached hydrogens (primary N) is 1. The number of benzene rings is 2. The molecule has 0 spiro atoms. The van der Waals surface area contributed by atoms with E-state index in [1.807, 2.05) is 0 Å². The first-order valence-electron chi connectivity index (χ1n) is 6.17. The molecule has 1 heterocycles. The molecule has 0 fully saturated rings. The van der Waals surface area contributed by atoms with E-state index in [0.29, 0.717) is 16.6 Å². The molecular formula is C14H9ClN4O3. The average molecular weight is 317 g/mol. The fourth-order valence-electron chi connectivity index (χ4n) is 1.76. The molecule has 2 aromatic carbocycles. The highest BCUT2D eigenvalue weighted by atomic mass is 35.5. The quantitative estimate of drug-likeness (QED) is 0.344. The van der Waals surface area contributed by atoms with Crippen LogP contribution in [0.15, 0.2) is 52.2 Å². The van der Waals surface area contributed by atoms with Crippen LogP contribution in [0.5, 0.6) is 0 Å². The minimum atomic E-state index is -0.697. The smallest absolute Gasteiger partial charge is 0.367 e. The van der Waals surface area contributed by atoms with Gasteiger partial charge in [0.05, 0.1) is 10.6 Å². The van der Waals surface area contributed by atoms with E-state index in [0.717, 1.165) is 0 Å². The van der Waals surface area contributed by atoms with Crippen molar-refractivity contribution in [2.75, 3.05) is 0 Å². The first-order chi connectivity index (χ1) is 10.6. The van der Waals surface area contributed by atoms with Crippen LogP contribution in [0.4, 0.5) is 0 Å². The van der Waals surface area contributed by atoms with Crippen molar-refractivity contribution in [1.82, 2.24) is 10.3 Å². The minimum absolute atomic E-state index is 0.0188. The number of nitrogens with zero attached hydrogens (tertiary/aromatic N) is 3. The van der Waals surface area contributed by atoms with Crippen molar-refractivity contribution in [3.05, 3.63) is 58.6 Å². The molecule has 110 valence electrons. The number of hydrogen-bond acceptors (Lipinski definition) is 6. The fourth-order valence-corrected chi connectivity index (χ4v) is 1.97. The van der Waals surface area contributed by atoms with Crippen LogP contribution >= 0.6 is 11.6 Å². The molecule has 22 heavy (non-hydrogen) atoms. The van der Waals surface area contributed by atoms with Gasteiger partial charge in [-0.25, -0.2) is 9.42 Å². The summed E-state index contributed by atoms with van der Waals surface area (Å²) >= 11 is 5.90. The van der Waals surface area contributed by atoms with Crippen LogP contribution in [0.2, 0.25) is 5.02 Å². The Balaban J connectivity index is 1.79. The summed E-state index contributed by atoms with van der Waals surface area (Å²) in [5.41, 5.74) is 7.62. The van der Waals surface area contributed by atoms with Crippen molar-refractivity contribution in [1.29, 1.82) is 0 Å². The van der Waals surface area contributed by atoms with Crippen LogP contribution in [0.25, 0.3) is 11.0 Å². The maximum absolute atomic E-state index is 11.9. The third-order valence-corrected chi connectivity index (χ3v) is 3.20. The molecule has 2 N–H and O–H groups in total. The molecular weight excluding hydrogens is 308 g/mol. The standard InChI is InChI=1S/C14H9ClN4O3/c15-10-4-2-1-3-9(10)14(20)21-19-13(16)8-5-6-11-12(7-8)18-22-17-11/h1-7H,(H2,16,19). The lowest BCUT2D eigenvalue weighted by Gasteiger charge is -2.02. The summed E-state index contributed by atoms with van der Waals surface area (Å²) in [5, 5.41) is 11.3. The summed E-state index contributed by atoms with van der Waals surface area (Å²) in [5.74, 6) is -0.678. The SMILES string of the molecule is NC(=NOC(=O)c1ccccc1Cl)c1ccc2nonc2c1. The number of carbonyl (C=O) groups is 1. The monoisotopic (exact) mass is 316 g/mol. The Morgan fingerprint density at radius 1 is 1.18 bits per heavy atom. The van der Waals surface area contributed by atoms with Crippen molar-refractivity contribution >= 4 is 34.4 Å². The van der Waals surface area contributed by atoms with Crippen molar-refractivity contribution < 1.29 is 14.3 Å². The van der Waals surface area contributed by atoms with Gasteiger partial charge in [0.15, 0.2) is 5.84 Å². The molecule has 0 atom stereocenters. The molecule has 8 heteroatoms. The number of aromatic nitrogens is 2. The molecule has 0 saturated carbocycles. The van der Waals surface area contributed by atoms with Gasteiger partial charge in [0, 0.05) is 5.56 Å². The van der Waals surface area contributed by atoms with Crippen molar-refractivity contribution in [3.8, 4) is 0 Å². The number of amidine groups is 1. The third-order valence-electron chi connectivity index (χ3n) is 2.87. The number of halogens is 1. The van der Waals surface area contributed by atoms with E-state index in [4.69, 9.17) is 22.2 Å². The van der Waals surface area contributed by atoms with Gasteiger partial charge in [-0.2, -0.15) is 0 Å². The van der Waals surface area contributed by atoms with E-state index in [1.54, 1.807) is 36.4 Å². The zero-order chi connectivity index (χ0) is 15.5. The summed E-state index contributed by atoms with van der Waals surface area (Å²) in [4.78, 5) is 16.7. The molecule has 3 aromatic rings. The van der Waals surface area contributed by atoms with Crippen LogP contribution in [0.1, 0.15) is 15.9 Å². The second kappa shape index (κ2) is 5.82. The van der Waals surface area contributed by atoms with E-state index in [1.165, 1.54) is 6.07 Å². The topological polar surface area (TPSA) is 104 Å². The summed E-state index contributed by atoms with van der Waals surface area (Å²) in [6.07, 6.45) is 0. The van der Waals surface area contributed by atoms with E-state index in [2.05, 4.69) is 20.1 Å². The van der Waals surface area contributed by atoms with Gasteiger partial charge in [0.25, 0.3) is 0 Å². The Bertz CT molecular complexity index is 875. The summed E-state index contributed by atoms with van der Waals surface area (Å²) < 4.78 is 4.59. The number of carbonyl (C=O) groups excluding carboxylic acids is 1. The van der Waals surface area contributed by atoms with Gasteiger partial charge in [-0.15, -0.1) is 0 Å². The first kappa shape index (κ1) is 14.0. The maximum atomic E-state index is 11.9. The zero-order valence-electron chi connectivity index (χ0n) is 11.1. The molecule has 7 nitrogen and oxygen atoms in total. The van der Waals surface area contributed by atoms with Crippen LogP contribution in [0, 0.1) is 0 Å². The molecule has 0 aliphatic carbocycles. The molecule has 0 radical (unpaired) electrons. The van der Waals surface area contributed by atoms with E-state index in [-0.39, 0.29) is 16.4 Å². The summed E-state index contributed by atoms with van der Waals surface area (Å²) in [7, 11) is 0. The predicted molar refractivity (Wildman–Crippen MR) is 79.4 cm³/mol. The first-order valence-corrected chi connectivity index (χ1v) is 6.55. The van der Waals surface area contributed by atoms with Gasteiger partial charge in [-0.05, 0) is 40.6 Å². The van der Waals surface area contributed by atoms with E-state index in [9.17, 15) is 4.79 Å². The molecule has 0 aliphatic rings. The highest BCUT2D eigenvalue weighted by molar-refractivity contribution is 6.33. The maximum Gasteiger partial charge on any atom is 0.367 e. The lowest BCUT2D eigenvalue weighted by molar-refractivity contribution is 0.0516. The molecule has 3 rings (SSSR count). The number of rotatable bonds is 3. The fraction of sp³-hybridized carbons (Fsp3) is 0. The van der Waals surface area contributed by atoms with E-state index < -0.39 is 5.97 Å². The van der Waals surface area contributed by atoms with Gasteiger partial charge in [0.1, 0.15) is 11.0 Å². The molecule has 0 aliphatic heterocycles. The van der Waals surface area contributed by atoms with Gasteiger partial charge in [0.2, 0.25) is 0 Å². The van der Waals surface area contributed by atoms with Crippen LogP contribution in [-0.2, 0) is 4.84 Å². The Morgan fingerprint density at radius 3 is 2.77 bits per heavy atom. The molecule has 1 aromatic heterocycles. The van der Waals surface area contributed by atoms with Crippen molar-refractivity contribution in [2.45, 2.75) is 0 Å². The number of oxime groups is 1. The Hall–Kier alpha value is -2.93. The second-order valence-electron chi connectivity index (χ2n) is 4.30. The van der Waals surface area contributed by atoms with Crippen LogP contribution in [-0.4, -0.2) is 22.1 Å². The average Bonchev–Trinajstić information content (AvgIpc) is 3.00. The highest BCUT2D eigenvalue weighted by Crippen LogP contribution is 2.16. The Morgan fingerprint density at radius 2 is 1.95 bits per heavy atom. The van der Waals surface area contributed by atoms with E-state index >= 15 is 0 Å². The Labute approximate surface area is 129 Å². The lowest BCUT2D eigenvalue weighted by atomic mass is 10.2. The van der Waals surface area contributed by atoms with Crippen LogP contribution < -0.4 is 5.73 Å². The summed E-state index contributed by atoms with van der Waals surface area (Å²) in [6, 6.07) is 11.4. The zero-order valence-corrected chi connectivity index (χ0v) is 11.8. The van der Waals surface area contributed by atoms with Gasteiger partial charge >= 0.3 is 5.97 Å². The van der Waals surface area contributed by atoms with Crippen molar-refractivity contribution in [2.24, 2.45) is 10.9 Å². The second-order valence-corrected chi connectivity index (χ2v) is 4.71. The normalized spacial score (nSPS) is 11.6. The molecule has 0 amide bonds. The van der Waals surface area contributed by atoms with Crippen LogP contribution in [0.3, 0.4) is 0 Å². The van der Waals surface area contributed by atoms with Crippen molar-refractivity contribution in [3.63, 3.8) is 0 Å². The highest BCUT2D eigenvalue weighted by Gasteiger charge is 2.12. The largest absolute Gasteiger partial charge is 0.380 e. The predicted octanol–water partition coefficient (Wildman–Crippen LogP) is 2.35. The third kappa shape index (κ3) is 2.75. The molecule has 0 saturated heterocycles. The summed E-state index contributed by atoms with van der Waals surface area (Å²) in [6.45, 7) is 0. The molecule has 0 bridgehead atoms. The number of hydrogen-bond donors (Lipinski definition) is 1. The van der Waals surface area contributed by atoms with Gasteiger partial charge in [-0.3, -0.25) is 0 Å².